The van der Waals surface area contributed by atoms with Gasteiger partial charge in [0.25, 0.3) is 5.56 Å². The molecule has 8 heteroatoms. The molecule has 0 saturated carbocycles. The van der Waals surface area contributed by atoms with E-state index in [9.17, 15) is 9.59 Å². The Kier molecular flexibility index (Phi) is 4.40. The Balaban J connectivity index is 1.87. The second-order valence-corrected chi connectivity index (χ2v) is 5.97. The molecule has 3 aromatic rings. The van der Waals surface area contributed by atoms with E-state index in [0.29, 0.717) is 38.2 Å². The molecule has 2 heterocycles. The predicted molar refractivity (Wildman–Crippen MR) is 87.0 cm³/mol. The number of methoxy groups -OCH3 is 1. The number of hydrogen-bond donors (Lipinski definition) is 1. The number of carbonyl (C=O) groups excluding carboxylic acids is 1. The van der Waals surface area contributed by atoms with Gasteiger partial charge in [0, 0.05) is 5.02 Å². The molecule has 23 heavy (non-hydrogen) atoms. The van der Waals surface area contributed by atoms with E-state index in [2.05, 4.69) is 14.7 Å². The maximum atomic E-state index is 12.0. The molecule has 0 saturated heterocycles. The van der Waals surface area contributed by atoms with Gasteiger partial charge in [-0.1, -0.05) is 23.4 Å². The molecule has 1 aromatic carbocycles. The van der Waals surface area contributed by atoms with Gasteiger partial charge < -0.3 is 14.1 Å². The molecule has 1 N–H and O–H groups in total. The van der Waals surface area contributed by atoms with Crippen molar-refractivity contribution in [1.29, 1.82) is 0 Å². The van der Waals surface area contributed by atoms with Crippen molar-refractivity contribution in [1.82, 2.24) is 9.97 Å². The van der Waals surface area contributed by atoms with Crippen LogP contribution in [0.2, 0.25) is 5.02 Å². The van der Waals surface area contributed by atoms with Gasteiger partial charge >= 0.3 is 5.97 Å². The van der Waals surface area contributed by atoms with Crippen molar-refractivity contribution in [3.8, 4) is 0 Å². The number of esters is 1. The number of furan rings is 1. The Morgan fingerprint density at radius 2 is 2.26 bits per heavy atom. The van der Waals surface area contributed by atoms with Gasteiger partial charge in [-0.25, -0.2) is 9.78 Å². The first-order valence-corrected chi connectivity index (χ1v) is 7.92. The highest BCUT2D eigenvalue weighted by molar-refractivity contribution is 7.98. The number of nitrogens with one attached hydrogen (secondary N) is 1. The van der Waals surface area contributed by atoms with E-state index in [0.717, 1.165) is 0 Å². The summed E-state index contributed by atoms with van der Waals surface area (Å²) in [5, 5.41) is 1.38. The Labute approximate surface area is 139 Å². The number of halogens is 1. The van der Waals surface area contributed by atoms with Crippen LogP contribution in [0.4, 0.5) is 0 Å². The van der Waals surface area contributed by atoms with Crippen LogP contribution >= 0.6 is 23.4 Å². The average Bonchev–Trinajstić information content (AvgIpc) is 3.00. The molecule has 0 fully saturated rings. The summed E-state index contributed by atoms with van der Waals surface area (Å²) in [6, 6.07) is 6.43. The average molecular weight is 351 g/mol. The molecule has 0 aliphatic carbocycles. The summed E-state index contributed by atoms with van der Waals surface area (Å²) in [5.74, 6) is 0.309. The van der Waals surface area contributed by atoms with Gasteiger partial charge in [-0.05, 0) is 24.3 Å². The molecule has 0 atom stereocenters. The molecule has 0 radical (unpaired) electrons. The molecule has 0 amide bonds. The Morgan fingerprint density at radius 1 is 1.43 bits per heavy atom. The smallest absolute Gasteiger partial charge is 0.341 e. The number of H-pyrrole nitrogens is 1. The number of fused-ring (bicyclic) bond motifs is 1. The Hall–Kier alpha value is -2.25. The first-order valence-electron chi connectivity index (χ1n) is 6.55. The summed E-state index contributed by atoms with van der Waals surface area (Å²) in [4.78, 5) is 30.7. The number of aromatic nitrogens is 2. The lowest BCUT2D eigenvalue weighted by Crippen LogP contribution is -2.09. The number of benzene rings is 1. The summed E-state index contributed by atoms with van der Waals surface area (Å²) in [6.07, 6.45) is 1.42. The molecule has 6 nitrogen and oxygen atoms in total. The topological polar surface area (TPSA) is 85.2 Å². The number of thioether (sulfide) groups is 1. The quantitative estimate of drug-likeness (QED) is 0.441. The van der Waals surface area contributed by atoms with E-state index in [1.807, 2.05) is 0 Å². The number of ether oxygens (including phenoxy) is 1. The largest absolute Gasteiger partial charge is 0.468 e. The minimum absolute atomic E-state index is 0.248. The highest BCUT2D eigenvalue weighted by atomic mass is 35.5. The third kappa shape index (κ3) is 3.25. The number of nitrogens with zero attached hydrogens (tertiary/aromatic N) is 1. The van der Waals surface area contributed by atoms with Crippen LogP contribution < -0.4 is 5.56 Å². The Morgan fingerprint density at radius 3 is 3.04 bits per heavy atom. The van der Waals surface area contributed by atoms with Crippen molar-refractivity contribution in [2.45, 2.75) is 10.9 Å². The number of rotatable bonds is 4. The zero-order valence-corrected chi connectivity index (χ0v) is 13.5. The Bertz CT molecular complexity index is 935. The number of carbonyl (C=O) groups is 1. The predicted octanol–water partition coefficient (Wildman–Crippen LogP) is 3.25. The highest BCUT2D eigenvalue weighted by Crippen LogP contribution is 2.24. The molecular formula is C15H11ClN2O4S. The van der Waals surface area contributed by atoms with Crippen molar-refractivity contribution in [3.05, 3.63) is 57.2 Å². The monoisotopic (exact) mass is 350 g/mol. The van der Waals surface area contributed by atoms with E-state index in [4.69, 9.17) is 16.0 Å². The summed E-state index contributed by atoms with van der Waals surface area (Å²) >= 11 is 7.17. The van der Waals surface area contributed by atoms with E-state index >= 15 is 0 Å². The zero-order valence-electron chi connectivity index (χ0n) is 12.0. The molecule has 3 rings (SSSR count). The van der Waals surface area contributed by atoms with Crippen LogP contribution in [0.1, 0.15) is 16.1 Å². The van der Waals surface area contributed by atoms with Gasteiger partial charge in [-0.2, -0.15) is 0 Å². The molecule has 2 aromatic heterocycles. The number of aromatic amines is 1. The van der Waals surface area contributed by atoms with E-state index in [1.165, 1.54) is 31.2 Å². The normalized spacial score (nSPS) is 10.9. The lowest BCUT2D eigenvalue weighted by atomic mass is 10.2. The van der Waals surface area contributed by atoms with Crippen molar-refractivity contribution >= 4 is 40.2 Å². The minimum Gasteiger partial charge on any atom is -0.468 e. The van der Waals surface area contributed by atoms with Crippen LogP contribution in [0.15, 0.2) is 44.9 Å². The van der Waals surface area contributed by atoms with Gasteiger partial charge in [-0.15, -0.1) is 0 Å². The minimum atomic E-state index is -0.471. The van der Waals surface area contributed by atoms with Gasteiger partial charge in [0.15, 0.2) is 5.16 Å². The van der Waals surface area contributed by atoms with Crippen LogP contribution in [0.25, 0.3) is 10.9 Å². The van der Waals surface area contributed by atoms with Gasteiger partial charge in [0.05, 0.1) is 30.0 Å². The molecular weight excluding hydrogens is 340 g/mol. The van der Waals surface area contributed by atoms with E-state index in [1.54, 1.807) is 18.2 Å². The highest BCUT2D eigenvalue weighted by Gasteiger charge is 2.16. The fourth-order valence-corrected chi connectivity index (χ4v) is 3.02. The SMILES string of the molecule is COC(=O)c1ccoc1CSc1nc2cc(Cl)ccc2c(=O)[nH]1. The maximum absolute atomic E-state index is 12.0. The lowest BCUT2D eigenvalue weighted by molar-refractivity contribution is 0.0598. The fourth-order valence-electron chi connectivity index (χ4n) is 2.04. The third-order valence-electron chi connectivity index (χ3n) is 3.14. The number of hydrogen-bond acceptors (Lipinski definition) is 6. The molecule has 0 aliphatic heterocycles. The lowest BCUT2D eigenvalue weighted by Gasteiger charge is -2.03. The van der Waals surface area contributed by atoms with E-state index < -0.39 is 5.97 Å². The van der Waals surface area contributed by atoms with E-state index in [-0.39, 0.29) is 5.56 Å². The molecule has 0 unspecified atom stereocenters. The maximum Gasteiger partial charge on any atom is 0.341 e. The molecule has 0 aliphatic rings. The second-order valence-electron chi connectivity index (χ2n) is 4.57. The molecule has 0 bridgehead atoms. The van der Waals surface area contributed by atoms with Crippen molar-refractivity contribution in [2.24, 2.45) is 0 Å². The van der Waals surface area contributed by atoms with Crippen LogP contribution in [-0.2, 0) is 10.5 Å². The van der Waals surface area contributed by atoms with Crippen LogP contribution in [-0.4, -0.2) is 23.0 Å². The van der Waals surface area contributed by atoms with Crippen molar-refractivity contribution in [2.75, 3.05) is 7.11 Å². The summed E-state index contributed by atoms with van der Waals surface area (Å²) in [7, 11) is 1.30. The zero-order chi connectivity index (χ0) is 16.4. The summed E-state index contributed by atoms with van der Waals surface area (Å²) in [5.41, 5.74) is 0.615. The summed E-state index contributed by atoms with van der Waals surface area (Å²) < 4.78 is 9.96. The van der Waals surface area contributed by atoms with Crippen molar-refractivity contribution in [3.63, 3.8) is 0 Å². The molecule has 118 valence electrons. The second kappa shape index (κ2) is 6.47. The van der Waals surface area contributed by atoms with Gasteiger partial charge in [0.2, 0.25) is 0 Å². The summed E-state index contributed by atoms with van der Waals surface area (Å²) in [6.45, 7) is 0. The van der Waals surface area contributed by atoms with Gasteiger partial charge in [-0.3, -0.25) is 4.79 Å². The third-order valence-corrected chi connectivity index (χ3v) is 4.25. The molecule has 0 spiro atoms. The van der Waals surface area contributed by atoms with Crippen LogP contribution in [0.5, 0.6) is 0 Å². The van der Waals surface area contributed by atoms with Crippen LogP contribution in [0.3, 0.4) is 0 Å². The standard InChI is InChI=1S/C15H11ClN2O4S/c1-21-14(20)10-4-5-22-12(10)7-23-15-17-11-6-8(16)2-3-9(11)13(19)18-15/h2-6H,7H2,1H3,(H,17,18,19). The van der Waals surface area contributed by atoms with Crippen LogP contribution in [0, 0.1) is 0 Å². The van der Waals surface area contributed by atoms with Crippen molar-refractivity contribution < 1.29 is 13.9 Å². The first kappa shape index (κ1) is 15.6. The van der Waals surface area contributed by atoms with Gasteiger partial charge in [0.1, 0.15) is 11.3 Å². The fraction of sp³-hybridized carbons (Fsp3) is 0.133. The first-order chi connectivity index (χ1) is 11.1.